The van der Waals surface area contributed by atoms with Crippen molar-refractivity contribution in [2.45, 2.75) is 27.7 Å². The van der Waals surface area contributed by atoms with Gasteiger partial charge in [0.05, 0.1) is 0 Å². The van der Waals surface area contributed by atoms with Crippen LogP contribution in [-0.4, -0.2) is 44.3 Å². The molecule has 0 atom stereocenters. The van der Waals surface area contributed by atoms with Gasteiger partial charge in [0, 0.05) is 27.7 Å². The summed E-state index contributed by atoms with van der Waals surface area (Å²) in [6, 6.07) is 0. The summed E-state index contributed by atoms with van der Waals surface area (Å²) in [5.74, 6) is -3.33. The minimum atomic E-state index is -0.833. The molecule has 0 saturated heterocycles. The molecule has 0 bridgehead atoms. The first-order valence-electron chi connectivity index (χ1n) is 3.71. The average molecular weight is 308 g/mol. The van der Waals surface area contributed by atoms with Crippen LogP contribution in [0.25, 0.3) is 0 Å². The molecule has 0 radical (unpaired) electrons. The third-order valence-corrected chi connectivity index (χ3v) is 0. The van der Waals surface area contributed by atoms with Gasteiger partial charge in [0.1, 0.15) is 0 Å². The van der Waals surface area contributed by atoms with E-state index in [0.717, 1.165) is 27.7 Å². The van der Waals surface area contributed by atoms with Gasteiger partial charge in [-0.15, -0.1) is 0 Å². The normalized spacial score (nSPS) is 5.56. The third kappa shape index (κ3) is 1330. The summed E-state index contributed by atoms with van der Waals surface area (Å²) in [5.41, 5.74) is 0. The van der Waals surface area contributed by atoms with Gasteiger partial charge in [-0.2, -0.15) is 27.0 Å². The van der Waals surface area contributed by atoms with Crippen LogP contribution in [0.3, 0.4) is 0 Å². The zero-order valence-electron chi connectivity index (χ0n) is 10.4. The molecule has 0 rings (SSSR count). The first-order valence-corrected chi connectivity index (χ1v) is 3.71. The second-order valence-corrected chi connectivity index (χ2v) is 2.08. The first-order chi connectivity index (χ1) is 6.93. The maximum atomic E-state index is 9.00. The Labute approximate surface area is 119 Å². The lowest BCUT2D eigenvalue weighted by atomic mass is 10.9. The predicted molar refractivity (Wildman–Crippen MR) is 74.0 cm³/mol. The van der Waals surface area contributed by atoms with E-state index in [1.807, 2.05) is 0 Å². The van der Waals surface area contributed by atoms with Crippen molar-refractivity contribution >= 4 is 50.9 Å². The van der Waals surface area contributed by atoms with E-state index in [4.69, 9.17) is 39.6 Å². The zero-order valence-corrected chi connectivity index (χ0v) is 12.4. The van der Waals surface area contributed by atoms with E-state index >= 15 is 0 Å². The lowest BCUT2D eigenvalue weighted by Gasteiger charge is -1.59. The maximum Gasteiger partial charge on any atom is 0.300 e. The molecule has 0 aromatic carbocycles. The lowest BCUT2D eigenvalue weighted by Crippen LogP contribution is -1.78. The Hall–Kier alpha value is -1.42. The molecule has 0 unspecified atom stereocenters. The van der Waals surface area contributed by atoms with E-state index in [9.17, 15) is 0 Å². The summed E-state index contributed by atoms with van der Waals surface area (Å²) >= 11 is 0. The van der Waals surface area contributed by atoms with Gasteiger partial charge in [-0.3, -0.25) is 19.2 Å². The highest BCUT2D eigenvalue weighted by Crippen LogP contribution is 1.43. The van der Waals surface area contributed by atoms with Crippen LogP contribution in [0.1, 0.15) is 27.7 Å². The first kappa shape index (κ1) is 36.0. The molecule has 0 fully saturated rings. The second kappa shape index (κ2) is 29.6. The molecule has 0 saturated carbocycles. The van der Waals surface area contributed by atoms with Gasteiger partial charge in [0.15, 0.2) is 0 Å². The summed E-state index contributed by atoms with van der Waals surface area (Å²) in [4.78, 5) is 36.0. The molecule has 0 spiro atoms. The second-order valence-electron chi connectivity index (χ2n) is 2.08. The summed E-state index contributed by atoms with van der Waals surface area (Å²) in [7, 11) is 0. The average Bonchev–Trinajstić information content (AvgIpc) is 1.76. The molecule has 0 aliphatic rings. The molecule has 0 aliphatic heterocycles. The van der Waals surface area contributed by atoms with Crippen molar-refractivity contribution in [1.82, 2.24) is 0 Å². The minimum Gasteiger partial charge on any atom is -0.481 e. The van der Waals surface area contributed by atoms with Crippen molar-refractivity contribution in [2.24, 2.45) is 0 Å². The molecule has 0 aromatic heterocycles. The summed E-state index contributed by atoms with van der Waals surface area (Å²) in [5, 5.41) is 29.7. The Balaban J connectivity index is -0.0000000257. The predicted octanol–water partition coefficient (Wildman–Crippen LogP) is 0.589. The van der Waals surface area contributed by atoms with Crippen LogP contribution in [0.15, 0.2) is 0 Å². The van der Waals surface area contributed by atoms with Crippen LogP contribution >= 0.6 is 27.0 Å². The Bertz CT molecular complexity index is 165. The van der Waals surface area contributed by atoms with Crippen molar-refractivity contribution in [3.63, 3.8) is 0 Å². The molecular formula is C8H20O8S2. The van der Waals surface area contributed by atoms with Crippen molar-refractivity contribution < 1.29 is 39.6 Å². The Morgan fingerprint density at radius 1 is 0.500 bits per heavy atom. The molecule has 4 N–H and O–H groups in total. The molecule has 10 heteroatoms. The van der Waals surface area contributed by atoms with E-state index in [0.29, 0.717) is 0 Å². The fourth-order valence-electron chi connectivity index (χ4n) is 0. The maximum absolute atomic E-state index is 9.00. The quantitative estimate of drug-likeness (QED) is 0.508. The number of hydrogen-bond acceptors (Lipinski definition) is 4. The monoisotopic (exact) mass is 308 g/mol. The smallest absolute Gasteiger partial charge is 0.300 e. The van der Waals surface area contributed by atoms with Crippen molar-refractivity contribution in [1.29, 1.82) is 0 Å². The number of carboxylic acid groups (broad SMARTS) is 4. The van der Waals surface area contributed by atoms with Gasteiger partial charge in [-0.1, -0.05) is 0 Å². The number of aliphatic carboxylic acids is 4. The summed E-state index contributed by atoms with van der Waals surface area (Å²) in [6.07, 6.45) is 0. The van der Waals surface area contributed by atoms with Gasteiger partial charge in [-0.25, -0.2) is 0 Å². The molecule has 0 aromatic rings. The van der Waals surface area contributed by atoms with Gasteiger partial charge in [0.25, 0.3) is 23.9 Å². The van der Waals surface area contributed by atoms with Gasteiger partial charge in [-0.05, 0) is 0 Å². The molecular weight excluding hydrogens is 288 g/mol. The number of hydrogen-bond donors (Lipinski definition) is 4. The lowest BCUT2D eigenvalue weighted by molar-refractivity contribution is -0.135. The van der Waals surface area contributed by atoms with Crippen molar-refractivity contribution in [2.75, 3.05) is 0 Å². The van der Waals surface area contributed by atoms with Gasteiger partial charge < -0.3 is 20.4 Å². The number of carboxylic acids is 4. The van der Waals surface area contributed by atoms with Gasteiger partial charge >= 0.3 is 0 Å². The molecule has 0 amide bonds. The topological polar surface area (TPSA) is 149 Å². The molecule has 8 nitrogen and oxygen atoms in total. The number of rotatable bonds is 0. The minimum absolute atomic E-state index is 0. The van der Waals surface area contributed by atoms with E-state index in [1.54, 1.807) is 0 Å². The fraction of sp³-hybridized carbons (Fsp3) is 0.500. The van der Waals surface area contributed by atoms with E-state index in [1.165, 1.54) is 0 Å². The van der Waals surface area contributed by atoms with Crippen LogP contribution in [0.4, 0.5) is 0 Å². The highest BCUT2D eigenvalue weighted by Gasteiger charge is 1.66. The molecule has 0 aliphatic carbocycles. The Kier molecular flexibility index (Phi) is 59.1. The standard InChI is InChI=1S/4C2H4O2.2H2S/c4*1-2(3)4;;/h4*1H3,(H,3,4);2*1H2. The summed E-state index contributed by atoms with van der Waals surface area (Å²) in [6.45, 7) is 4.33. The van der Waals surface area contributed by atoms with E-state index in [-0.39, 0.29) is 27.0 Å². The molecule has 18 heavy (non-hydrogen) atoms. The fourth-order valence-corrected chi connectivity index (χ4v) is 0. The van der Waals surface area contributed by atoms with E-state index in [2.05, 4.69) is 0 Å². The van der Waals surface area contributed by atoms with Gasteiger partial charge in [0.2, 0.25) is 0 Å². The highest BCUT2D eigenvalue weighted by molar-refractivity contribution is 7.59. The van der Waals surface area contributed by atoms with Crippen molar-refractivity contribution in [3.8, 4) is 0 Å². The van der Waals surface area contributed by atoms with Crippen molar-refractivity contribution in [3.05, 3.63) is 0 Å². The summed E-state index contributed by atoms with van der Waals surface area (Å²) < 4.78 is 0. The zero-order chi connectivity index (χ0) is 14.3. The largest absolute Gasteiger partial charge is 0.481 e. The molecule has 112 valence electrons. The third-order valence-electron chi connectivity index (χ3n) is 0. The van der Waals surface area contributed by atoms with E-state index < -0.39 is 23.9 Å². The Morgan fingerprint density at radius 3 is 0.500 bits per heavy atom. The number of carbonyl (C=O) groups is 4. The van der Waals surface area contributed by atoms with Crippen LogP contribution in [0.5, 0.6) is 0 Å². The highest BCUT2D eigenvalue weighted by atomic mass is 32.1. The van der Waals surface area contributed by atoms with Crippen LogP contribution in [0.2, 0.25) is 0 Å². The van der Waals surface area contributed by atoms with Crippen LogP contribution in [-0.2, 0) is 19.2 Å². The van der Waals surface area contributed by atoms with Crippen LogP contribution < -0.4 is 0 Å². The SMILES string of the molecule is CC(=O)O.CC(=O)O.CC(=O)O.CC(=O)O.S.S. The Morgan fingerprint density at radius 2 is 0.500 bits per heavy atom. The molecule has 0 heterocycles. The van der Waals surface area contributed by atoms with Crippen LogP contribution in [0, 0.1) is 0 Å².